The minimum atomic E-state index is -4.96. The van der Waals surface area contributed by atoms with Gasteiger partial charge in [0.2, 0.25) is 0 Å². The summed E-state index contributed by atoms with van der Waals surface area (Å²) >= 11 is 0. The van der Waals surface area contributed by atoms with Crippen molar-refractivity contribution >= 4 is 39.5 Å². The molecule has 0 aliphatic carbocycles. The molecule has 0 heterocycles. The zero-order valence-electron chi connectivity index (χ0n) is 63.7. The minimum Gasteiger partial charge on any atom is -0.462 e. The molecule has 19 heteroatoms. The van der Waals surface area contributed by atoms with E-state index in [0.717, 1.165) is 114 Å². The number of hydrogen-bond acceptors (Lipinski definition) is 15. The number of unbranched alkanes of at least 4 members (excludes halogenated alkanes) is 41. The Hall–Kier alpha value is -1.94. The monoisotopic (exact) mass is 1420 g/mol. The van der Waals surface area contributed by atoms with Gasteiger partial charge in [-0.3, -0.25) is 37.3 Å². The van der Waals surface area contributed by atoms with Gasteiger partial charge in [-0.15, -0.1) is 0 Å². The van der Waals surface area contributed by atoms with Gasteiger partial charge in [0.05, 0.1) is 26.4 Å². The highest BCUT2D eigenvalue weighted by Crippen LogP contribution is 2.45. The molecule has 17 nitrogen and oxygen atoms in total. The topological polar surface area (TPSA) is 237 Å². The fourth-order valence-corrected chi connectivity index (χ4v) is 13.5. The molecule has 5 atom stereocenters. The molecule has 0 amide bonds. The molecule has 0 spiro atoms. The smallest absolute Gasteiger partial charge is 0.462 e. The lowest BCUT2D eigenvalue weighted by molar-refractivity contribution is -0.161. The molecule has 0 rings (SSSR count). The van der Waals surface area contributed by atoms with Gasteiger partial charge in [-0.1, -0.05) is 344 Å². The van der Waals surface area contributed by atoms with Crippen molar-refractivity contribution in [3.05, 3.63) is 0 Å². The summed E-state index contributed by atoms with van der Waals surface area (Å²) in [6, 6.07) is 0. The van der Waals surface area contributed by atoms with E-state index in [1.165, 1.54) is 193 Å². The Bertz CT molecular complexity index is 1900. The number of phosphoric acid groups is 2. The van der Waals surface area contributed by atoms with Gasteiger partial charge >= 0.3 is 39.5 Å². The van der Waals surface area contributed by atoms with Gasteiger partial charge in [0.25, 0.3) is 0 Å². The van der Waals surface area contributed by atoms with E-state index in [1.54, 1.807) is 0 Å². The fourth-order valence-electron chi connectivity index (χ4n) is 11.9. The molecule has 0 aliphatic heterocycles. The van der Waals surface area contributed by atoms with Crippen LogP contribution in [0.2, 0.25) is 0 Å². The quantitative estimate of drug-likeness (QED) is 0.0222. The first-order valence-corrected chi connectivity index (χ1v) is 43.2. The van der Waals surface area contributed by atoms with Crippen molar-refractivity contribution in [2.24, 2.45) is 23.7 Å². The highest BCUT2D eigenvalue weighted by molar-refractivity contribution is 7.47. The summed E-state index contributed by atoms with van der Waals surface area (Å²) in [6.45, 7) is 14.2. The molecule has 3 N–H and O–H groups in total. The SMILES string of the molecule is CC(C)CCCCCCCCCCCCCCCCCCC(=O)OC[C@H](COP(=O)(O)OCC(O)COP(=O)(O)OC[C@@H](COC(=O)CCCCCCCCCC(C)C)OC(=O)CCCCCCCCCCC(C)C)OC(=O)CCCCCCCCCCCCCCCCC(C)C. The number of aliphatic hydroxyl groups excluding tert-OH is 1. The maximum absolute atomic E-state index is 13.1. The van der Waals surface area contributed by atoms with E-state index in [0.29, 0.717) is 31.6 Å². The molecule has 576 valence electrons. The van der Waals surface area contributed by atoms with Gasteiger partial charge in [0, 0.05) is 25.7 Å². The molecule has 0 bridgehead atoms. The van der Waals surface area contributed by atoms with Crippen LogP contribution in [-0.4, -0.2) is 96.7 Å². The minimum absolute atomic E-state index is 0.103. The van der Waals surface area contributed by atoms with Crippen molar-refractivity contribution < 1.29 is 80.2 Å². The summed E-state index contributed by atoms with van der Waals surface area (Å²) < 4.78 is 68.6. The van der Waals surface area contributed by atoms with E-state index >= 15 is 0 Å². The summed E-state index contributed by atoms with van der Waals surface area (Å²) in [5.41, 5.74) is 0. The second-order valence-electron chi connectivity index (χ2n) is 30.0. The van der Waals surface area contributed by atoms with Crippen LogP contribution in [0.4, 0.5) is 0 Å². The average Bonchev–Trinajstić information content (AvgIpc) is 1.68. The maximum atomic E-state index is 13.1. The Labute approximate surface area is 594 Å². The summed E-state index contributed by atoms with van der Waals surface area (Å²) in [6.07, 6.45) is 52.9. The van der Waals surface area contributed by atoms with E-state index in [4.69, 9.17) is 37.0 Å². The first kappa shape index (κ1) is 95.1. The molecule has 0 radical (unpaired) electrons. The fraction of sp³-hybridized carbons (Fsp3) is 0.949. The molecule has 0 aliphatic rings. The van der Waals surface area contributed by atoms with Crippen LogP contribution >= 0.6 is 15.6 Å². The molecule has 97 heavy (non-hydrogen) atoms. The Morgan fingerprint density at radius 2 is 0.433 bits per heavy atom. The van der Waals surface area contributed by atoms with E-state index in [1.807, 2.05) is 0 Å². The second kappa shape index (κ2) is 67.2. The summed E-state index contributed by atoms with van der Waals surface area (Å²) in [5, 5.41) is 10.6. The van der Waals surface area contributed by atoms with E-state index in [9.17, 15) is 43.2 Å². The summed E-state index contributed by atoms with van der Waals surface area (Å²) in [7, 11) is -9.91. The number of esters is 4. The van der Waals surface area contributed by atoms with Crippen LogP contribution < -0.4 is 0 Å². The number of rotatable bonds is 75. The van der Waals surface area contributed by atoms with Crippen LogP contribution in [0.5, 0.6) is 0 Å². The molecule has 0 fully saturated rings. The number of hydrogen-bond donors (Lipinski definition) is 3. The first-order chi connectivity index (χ1) is 46.6. The van der Waals surface area contributed by atoms with Gasteiger partial charge in [0.1, 0.15) is 19.3 Å². The van der Waals surface area contributed by atoms with Crippen molar-refractivity contribution in [1.82, 2.24) is 0 Å². The Morgan fingerprint density at radius 1 is 0.258 bits per heavy atom. The van der Waals surface area contributed by atoms with Crippen LogP contribution in [0.3, 0.4) is 0 Å². The second-order valence-corrected chi connectivity index (χ2v) is 32.9. The first-order valence-electron chi connectivity index (χ1n) is 40.2. The van der Waals surface area contributed by atoms with Crippen LogP contribution in [0.25, 0.3) is 0 Å². The number of aliphatic hydroxyl groups is 1. The van der Waals surface area contributed by atoms with E-state index in [2.05, 4.69) is 55.4 Å². The number of carbonyl (C=O) groups is 4. The highest BCUT2D eigenvalue weighted by atomic mass is 31.2. The third-order valence-electron chi connectivity index (χ3n) is 18.1. The molecular weight excluding hydrogens is 1270 g/mol. The highest BCUT2D eigenvalue weighted by Gasteiger charge is 2.30. The van der Waals surface area contributed by atoms with Gasteiger partial charge < -0.3 is 33.8 Å². The normalized spacial score (nSPS) is 14.1. The molecule has 0 saturated heterocycles. The number of phosphoric ester groups is 2. The predicted octanol–water partition coefficient (Wildman–Crippen LogP) is 22.8. The van der Waals surface area contributed by atoms with E-state index in [-0.39, 0.29) is 25.7 Å². The Kier molecular flexibility index (Phi) is 65.9. The van der Waals surface area contributed by atoms with Crippen molar-refractivity contribution in [2.75, 3.05) is 39.6 Å². The van der Waals surface area contributed by atoms with Crippen LogP contribution in [0, 0.1) is 23.7 Å². The molecule has 0 saturated carbocycles. The molecule has 0 aromatic carbocycles. The predicted molar refractivity (Wildman–Crippen MR) is 395 cm³/mol. The zero-order chi connectivity index (χ0) is 71.7. The van der Waals surface area contributed by atoms with Gasteiger partial charge in [-0.25, -0.2) is 9.13 Å². The van der Waals surface area contributed by atoms with Gasteiger partial charge in [-0.05, 0) is 49.4 Å². The molecule has 3 unspecified atom stereocenters. The molecular formula is C78H152O17P2. The van der Waals surface area contributed by atoms with Crippen molar-refractivity contribution in [1.29, 1.82) is 0 Å². The number of ether oxygens (including phenoxy) is 4. The lowest BCUT2D eigenvalue weighted by Crippen LogP contribution is -2.30. The number of carbonyl (C=O) groups excluding carboxylic acids is 4. The zero-order valence-corrected chi connectivity index (χ0v) is 65.5. The Balaban J connectivity index is 5.22. The van der Waals surface area contributed by atoms with Crippen molar-refractivity contribution in [3.8, 4) is 0 Å². The Morgan fingerprint density at radius 3 is 0.639 bits per heavy atom. The van der Waals surface area contributed by atoms with Crippen LogP contribution in [-0.2, 0) is 65.4 Å². The van der Waals surface area contributed by atoms with Crippen molar-refractivity contribution in [3.63, 3.8) is 0 Å². The van der Waals surface area contributed by atoms with E-state index < -0.39 is 97.5 Å². The van der Waals surface area contributed by atoms with Gasteiger partial charge in [0.15, 0.2) is 12.2 Å². The largest absolute Gasteiger partial charge is 0.472 e. The average molecular weight is 1420 g/mol. The maximum Gasteiger partial charge on any atom is 0.472 e. The van der Waals surface area contributed by atoms with Crippen LogP contribution in [0.15, 0.2) is 0 Å². The third-order valence-corrected chi connectivity index (χ3v) is 20.0. The molecule has 0 aromatic heterocycles. The molecule has 0 aromatic rings. The standard InChI is InChI=1S/C78H152O17P2/c1-68(2)54-46-38-30-23-19-15-11-9-10-12-17-21-25-34-42-50-58-75(80)88-64-73(94-77(82)60-52-44-35-26-22-18-14-13-16-20-24-31-39-47-55-69(3)4)66-92-96(84,85)90-62-72(79)63-91-97(86,87)93-67-74(65-89-76(81)59-51-43-37-29-33-41-49-57-71(7)8)95-78(83)61-53-45-36-28-27-32-40-48-56-70(5)6/h68-74,79H,9-67H2,1-8H3,(H,84,85)(H,86,87)/t72?,73-,74-/m1/s1. The van der Waals surface area contributed by atoms with Crippen molar-refractivity contribution in [2.45, 2.75) is 414 Å². The summed E-state index contributed by atoms with van der Waals surface area (Å²) in [5.74, 6) is 0.910. The third kappa shape index (κ3) is 72.2. The van der Waals surface area contributed by atoms with Crippen LogP contribution in [0.1, 0.15) is 396 Å². The lowest BCUT2D eigenvalue weighted by atomic mass is 10.0. The summed E-state index contributed by atoms with van der Waals surface area (Å²) in [4.78, 5) is 72.8. The lowest BCUT2D eigenvalue weighted by Gasteiger charge is -2.21. The van der Waals surface area contributed by atoms with Gasteiger partial charge in [-0.2, -0.15) is 0 Å².